The number of hydrogen-bond acceptors (Lipinski definition) is 2. The molecule has 0 saturated heterocycles. The van der Waals surface area contributed by atoms with Crippen molar-refractivity contribution in [3.63, 3.8) is 0 Å². The highest BCUT2D eigenvalue weighted by molar-refractivity contribution is 5.85. The molecule has 0 amide bonds. The van der Waals surface area contributed by atoms with Crippen LogP contribution in [0.1, 0.15) is 30.4 Å². The Labute approximate surface area is 108 Å². The zero-order valence-electron chi connectivity index (χ0n) is 10.0. The van der Waals surface area contributed by atoms with Crippen molar-refractivity contribution in [3.05, 3.63) is 35.1 Å². The number of halogens is 2. The summed E-state index contributed by atoms with van der Waals surface area (Å²) in [5, 5.41) is 11.6. The minimum absolute atomic E-state index is 0. The summed E-state index contributed by atoms with van der Waals surface area (Å²) < 4.78 is 13.0. The fourth-order valence-corrected chi connectivity index (χ4v) is 1.50. The van der Waals surface area contributed by atoms with Gasteiger partial charge in [0.05, 0.1) is 6.07 Å². The third-order valence-electron chi connectivity index (χ3n) is 2.44. The molecule has 0 heterocycles. The van der Waals surface area contributed by atoms with Crippen molar-refractivity contribution < 1.29 is 4.39 Å². The van der Waals surface area contributed by atoms with Crippen LogP contribution in [-0.2, 0) is 6.54 Å². The summed E-state index contributed by atoms with van der Waals surface area (Å²) in [5.74, 6) is -0.155. The van der Waals surface area contributed by atoms with Gasteiger partial charge in [-0.2, -0.15) is 5.26 Å². The molecule has 0 saturated carbocycles. The second-order valence-electron chi connectivity index (χ2n) is 3.88. The lowest BCUT2D eigenvalue weighted by atomic mass is 10.1. The average molecular weight is 257 g/mol. The van der Waals surface area contributed by atoms with Crippen molar-refractivity contribution >= 4 is 12.4 Å². The van der Waals surface area contributed by atoms with Crippen LogP contribution >= 0.6 is 12.4 Å². The second kappa shape index (κ2) is 8.98. The number of benzene rings is 1. The molecule has 0 atom stereocenters. The number of aryl methyl sites for hydroxylation is 1. The van der Waals surface area contributed by atoms with E-state index in [2.05, 4.69) is 11.4 Å². The van der Waals surface area contributed by atoms with E-state index in [1.165, 1.54) is 6.07 Å². The van der Waals surface area contributed by atoms with Gasteiger partial charge in [-0.15, -0.1) is 12.4 Å². The first-order valence-electron chi connectivity index (χ1n) is 5.56. The monoisotopic (exact) mass is 256 g/mol. The molecule has 0 aliphatic carbocycles. The van der Waals surface area contributed by atoms with E-state index in [1.54, 1.807) is 13.0 Å². The topological polar surface area (TPSA) is 35.8 Å². The first kappa shape index (κ1) is 15.9. The number of hydrogen-bond donors (Lipinski definition) is 1. The first-order chi connectivity index (χ1) is 7.74. The van der Waals surface area contributed by atoms with Crippen LogP contribution < -0.4 is 5.32 Å². The summed E-state index contributed by atoms with van der Waals surface area (Å²) in [6.45, 7) is 3.43. The Kier molecular flexibility index (Phi) is 8.39. The van der Waals surface area contributed by atoms with Crippen molar-refractivity contribution in [1.29, 1.82) is 5.26 Å². The molecule has 2 nitrogen and oxygen atoms in total. The van der Waals surface area contributed by atoms with Crippen LogP contribution in [0, 0.1) is 24.1 Å². The molecule has 0 aliphatic heterocycles. The average Bonchev–Trinajstić information content (AvgIpc) is 2.28. The quantitative estimate of drug-likeness (QED) is 0.793. The Balaban J connectivity index is 0.00000256. The smallest absolute Gasteiger partial charge is 0.126 e. The summed E-state index contributed by atoms with van der Waals surface area (Å²) in [6.07, 6.45) is 2.57. The highest BCUT2D eigenvalue weighted by Crippen LogP contribution is 2.08. The molecule has 0 radical (unpaired) electrons. The molecule has 0 aromatic heterocycles. The van der Waals surface area contributed by atoms with Crippen molar-refractivity contribution in [3.8, 4) is 6.07 Å². The van der Waals surface area contributed by atoms with Crippen LogP contribution in [0.4, 0.5) is 4.39 Å². The van der Waals surface area contributed by atoms with E-state index in [0.717, 1.165) is 31.5 Å². The van der Waals surface area contributed by atoms with Crippen LogP contribution in [0.5, 0.6) is 0 Å². The van der Waals surface area contributed by atoms with Crippen molar-refractivity contribution in [2.75, 3.05) is 6.54 Å². The number of rotatable bonds is 6. The van der Waals surface area contributed by atoms with Crippen LogP contribution in [0.25, 0.3) is 0 Å². The summed E-state index contributed by atoms with van der Waals surface area (Å²) in [7, 11) is 0. The molecule has 1 rings (SSSR count). The predicted molar refractivity (Wildman–Crippen MR) is 69.6 cm³/mol. The maximum atomic E-state index is 13.0. The van der Waals surface area contributed by atoms with Gasteiger partial charge in [-0.1, -0.05) is 12.1 Å². The summed E-state index contributed by atoms with van der Waals surface area (Å²) in [6, 6.07) is 7.28. The van der Waals surface area contributed by atoms with Gasteiger partial charge in [-0.25, -0.2) is 4.39 Å². The van der Waals surface area contributed by atoms with Gasteiger partial charge < -0.3 is 5.32 Å². The van der Waals surface area contributed by atoms with E-state index in [9.17, 15) is 4.39 Å². The van der Waals surface area contributed by atoms with Crippen LogP contribution in [0.2, 0.25) is 0 Å². The molecular weight excluding hydrogens is 239 g/mol. The van der Waals surface area contributed by atoms with E-state index in [-0.39, 0.29) is 18.2 Å². The minimum Gasteiger partial charge on any atom is -0.313 e. The van der Waals surface area contributed by atoms with Gasteiger partial charge in [-0.05, 0) is 43.5 Å². The highest BCUT2D eigenvalue weighted by atomic mass is 35.5. The van der Waals surface area contributed by atoms with E-state index in [4.69, 9.17) is 5.26 Å². The Morgan fingerprint density at radius 1 is 1.35 bits per heavy atom. The molecule has 94 valence electrons. The summed E-state index contributed by atoms with van der Waals surface area (Å²) >= 11 is 0. The van der Waals surface area contributed by atoms with Gasteiger partial charge >= 0.3 is 0 Å². The molecule has 0 fully saturated rings. The van der Waals surface area contributed by atoms with E-state index < -0.39 is 0 Å². The Bertz CT molecular complexity index is 374. The van der Waals surface area contributed by atoms with Gasteiger partial charge in [0.15, 0.2) is 0 Å². The van der Waals surface area contributed by atoms with Crippen molar-refractivity contribution in [2.24, 2.45) is 0 Å². The summed E-state index contributed by atoms with van der Waals surface area (Å²) in [5.41, 5.74) is 1.78. The van der Waals surface area contributed by atoms with Crippen molar-refractivity contribution in [2.45, 2.75) is 32.7 Å². The van der Waals surface area contributed by atoms with Gasteiger partial charge in [-0.3, -0.25) is 0 Å². The zero-order chi connectivity index (χ0) is 11.8. The molecular formula is C13H18ClFN2. The fourth-order valence-electron chi connectivity index (χ4n) is 1.50. The Morgan fingerprint density at radius 3 is 2.76 bits per heavy atom. The maximum Gasteiger partial charge on any atom is 0.126 e. The van der Waals surface area contributed by atoms with E-state index in [0.29, 0.717) is 12.0 Å². The van der Waals surface area contributed by atoms with Gasteiger partial charge in [0.2, 0.25) is 0 Å². The molecule has 1 aromatic rings. The number of unbranched alkanes of at least 4 members (excludes halogenated alkanes) is 2. The Morgan fingerprint density at radius 2 is 2.12 bits per heavy atom. The number of nitrogens with one attached hydrogen (secondary N) is 1. The van der Waals surface area contributed by atoms with Gasteiger partial charge in [0, 0.05) is 13.0 Å². The lowest BCUT2D eigenvalue weighted by molar-refractivity contribution is 0.610. The molecule has 1 N–H and O–H groups in total. The standard InChI is InChI=1S/C13H17FN2.ClH/c1-11-9-12(5-6-13(11)14)10-16-8-4-2-3-7-15;/h5-6,9,16H,2-4,8,10H2,1H3;1H. The predicted octanol–water partition coefficient (Wildman–Crippen LogP) is 3.34. The lowest BCUT2D eigenvalue weighted by Crippen LogP contribution is -2.14. The Hall–Kier alpha value is -1.11. The number of nitrogens with zero attached hydrogens (tertiary/aromatic N) is 1. The van der Waals surface area contributed by atoms with Crippen molar-refractivity contribution in [1.82, 2.24) is 5.32 Å². The van der Waals surface area contributed by atoms with Gasteiger partial charge in [0.1, 0.15) is 5.82 Å². The molecule has 0 bridgehead atoms. The SMILES string of the molecule is Cc1cc(CNCCCCC#N)ccc1F.Cl. The normalized spacial score (nSPS) is 9.47. The first-order valence-corrected chi connectivity index (χ1v) is 5.56. The van der Waals surface area contributed by atoms with Crippen LogP contribution in [0.15, 0.2) is 18.2 Å². The largest absolute Gasteiger partial charge is 0.313 e. The minimum atomic E-state index is -0.155. The lowest BCUT2D eigenvalue weighted by Gasteiger charge is -2.05. The third kappa shape index (κ3) is 6.25. The maximum absolute atomic E-state index is 13.0. The molecule has 0 aliphatic rings. The molecule has 0 unspecified atom stereocenters. The van der Waals surface area contributed by atoms with Gasteiger partial charge in [0.25, 0.3) is 0 Å². The molecule has 0 spiro atoms. The second-order valence-corrected chi connectivity index (χ2v) is 3.88. The van der Waals surface area contributed by atoms with E-state index in [1.807, 2.05) is 6.07 Å². The fraction of sp³-hybridized carbons (Fsp3) is 0.462. The molecule has 1 aromatic carbocycles. The van der Waals surface area contributed by atoms with Crippen LogP contribution in [0.3, 0.4) is 0 Å². The number of nitriles is 1. The molecule has 4 heteroatoms. The highest BCUT2D eigenvalue weighted by Gasteiger charge is 1.98. The summed E-state index contributed by atoms with van der Waals surface area (Å²) in [4.78, 5) is 0. The zero-order valence-corrected chi connectivity index (χ0v) is 10.8. The third-order valence-corrected chi connectivity index (χ3v) is 2.44. The van der Waals surface area contributed by atoms with E-state index >= 15 is 0 Å². The molecule has 17 heavy (non-hydrogen) atoms. The van der Waals surface area contributed by atoms with Crippen LogP contribution in [-0.4, -0.2) is 6.54 Å².